The summed E-state index contributed by atoms with van der Waals surface area (Å²) in [5, 5.41) is 11.0. The first-order chi connectivity index (χ1) is 10.6. The minimum atomic E-state index is -0.768. The lowest BCUT2D eigenvalue weighted by molar-refractivity contribution is -0.161. The van der Waals surface area contributed by atoms with Gasteiger partial charge in [0.1, 0.15) is 6.61 Å². The molecule has 0 aliphatic rings. The number of esters is 2. The van der Waals surface area contributed by atoms with Gasteiger partial charge in [0.05, 0.1) is 6.61 Å². The third-order valence-corrected chi connectivity index (χ3v) is 4.08. The van der Waals surface area contributed by atoms with E-state index < -0.39 is 6.10 Å². The van der Waals surface area contributed by atoms with Gasteiger partial charge >= 0.3 is 11.9 Å². The molecule has 0 bridgehead atoms. The van der Waals surface area contributed by atoms with Crippen molar-refractivity contribution in [1.29, 1.82) is 0 Å². The van der Waals surface area contributed by atoms with Crippen LogP contribution in [-0.4, -0.2) is 47.0 Å². The van der Waals surface area contributed by atoms with Gasteiger partial charge in [-0.1, -0.05) is 44.7 Å². The van der Waals surface area contributed by atoms with Gasteiger partial charge < -0.3 is 14.6 Å². The van der Waals surface area contributed by atoms with Crippen molar-refractivity contribution in [1.82, 2.24) is 0 Å². The van der Waals surface area contributed by atoms with E-state index in [2.05, 4.69) is 31.9 Å². The van der Waals surface area contributed by atoms with Gasteiger partial charge in [-0.2, -0.15) is 0 Å². The summed E-state index contributed by atoms with van der Waals surface area (Å²) in [6, 6.07) is 0. The van der Waals surface area contributed by atoms with Crippen LogP contribution in [0, 0.1) is 0 Å². The van der Waals surface area contributed by atoms with E-state index in [1.54, 1.807) is 0 Å². The molecular formula is C15H26Br2O5. The number of carbonyl (C=O) groups excluding carboxylic acids is 2. The normalized spacial score (nSPS) is 12.0. The van der Waals surface area contributed by atoms with E-state index in [-0.39, 0.29) is 25.2 Å². The van der Waals surface area contributed by atoms with Gasteiger partial charge in [-0.3, -0.25) is 9.59 Å². The van der Waals surface area contributed by atoms with Crippen molar-refractivity contribution >= 4 is 43.8 Å². The number of rotatable bonds is 14. The fraction of sp³-hybridized carbons (Fsp3) is 0.867. The molecule has 0 aliphatic carbocycles. The molecule has 5 nitrogen and oxygen atoms in total. The highest BCUT2D eigenvalue weighted by Crippen LogP contribution is 2.06. The van der Waals surface area contributed by atoms with E-state index in [0.29, 0.717) is 12.8 Å². The van der Waals surface area contributed by atoms with E-state index in [4.69, 9.17) is 14.6 Å². The van der Waals surface area contributed by atoms with Crippen LogP contribution in [0.25, 0.3) is 0 Å². The first-order valence-electron chi connectivity index (χ1n) is 7.72. The second-order valence-corrected chi connectivity index (χ2v) is 6.56. The lowest BCUT2D eigenvalue weighted by Gasteiger charge is -2.15. The molecule has 0 aromatic carbocycles. The second-order valence-electron chi connectivity index (χ2n) is 4.98. The minimum absolute atomic E-state index is 0.0824. The summed E-state index contributed by atoms with van der Waals surface area (Å²) < 4.78 is 10.1. The molecule has 0 radical (unpaired) electrons. The molecule has 7 heteroatoms. The van der Waals surface area contributed by atoms with Gasteiger partial charge in [-0.15, -0.1) is 0 Å². The summed E-state index contributed by atoms with van der Waals surface area (Å²) in [6.07, 6.45) is 5.41. The average Bonchev–Trinajstić information content (AvgIpc) is 2.52. The molecule has 0 fully saturated rings. The standard InChI is InChI=1S/C15H26Br2O5/c16-9-5-1-3-7-14(19)21-12-13(11-18)22-15(20)8-4-2-6-10-17/h13,18H,1-12H2. The van der Waals surface area contributed by atoms with Gasteiger partial charge in [0.15, 0.2) is 6.10 Å². The van der Waals surface area contributed by atoms with E-state index in [1.165, 1.54) is 0 Å². The number of aliphatic hydroxyl groups is 1. The molecule has 22 heavy (non-hydrogen) atoms. The largest absolute Gasteiger partial charge is 0.462 e. The van der Waals surface area contributed by atoms with Crippen molar-refractivity contribution in [3.8, 4) is 0 Å². The zero-order valence-corrected chi connectivity index (χ0v) is 16.1. The SMILES string of the molecule is O=C(CCCCCBr)OCC(CO)OC(=O)CCCCCBr. The molecule has 0 amide bonds. The predicted molar refractivity (Wildman–Crippen MR) is 92.4 cm³/mol. The van der Waals surface area contributed by atoms with Crippen LogP contribution in [0.5, 0.6) is 0 Å². The number of hydrogen-bond donors (Lipinski definition) is 1. The number of unbranched alkanes of at least 4 members (excludes halogenated alkanes) is 4. The van der Waals surface area contributed by atoms with Gasteiger partial charge in [-0.25, -0.2) is 0 Å². The minimum Gasteiger partial charge on any atom is -0.462 e. The molecule has 1 N–H and O–H groups in total. The van der Waals surface area contributed by atoms with E-state index in [1.807, 2.05) is 0 Å². The fourth-order valence-corrected chi connectivity index (χ4v) is 2.50. The lowest BCUT2D eigenvalue weighted by Crippen LogP contribution is -2.28. The quantitative estimate of drug-likeness (QED) is 0.252. The van der Waals surface area contributed by atoms with Crippen LogP contribution in [0.2, 0.25) is 0 Å². The fourth-order valence-electron chi connectivity index (χ4n) is 1.71. The molecule has 0 spiro atoms. The molecule has 0 heterocycles. The number of halogens is 2. The molecule has 0 rings (SSSR count). The molecule has 0 aromatic heterocycles. The molecular weight excluding hydrogens is 420 g/mol. The first kappa shape index (κ1) is 21.9. The Morgan fingerprint density at radius 1 is 0.864 bits per heavy atom. The third kappa shape index (κ3) is 13.5. The first-order valence-corrected chi connectivity index (χ1v) is 9.96. The highest BCUT2D eigenvalue weighted by atomic mass is 79.9. The highest BCUT2D eigenvalue weighted by Gasteiger charge is 2.15. The van der Waals surface area contributed by atoms with Crippen LogP contribution >= 0.6 is 31.9 Å². The van der Waals surface area contributed by atoms with Crippen molar-refractivity contribution in [2.75, 3.05) is 23.9 Å². The molecule has 1 atom stereocenters. The summed E-state index contributed by atoms with van der Waals surface area (Å²) in [5.74, 6) is -0.677. The monoisotopic (exact) mass is 444 g/mol. The van der Waals surface area contributed by atoms with Crippen molar-refractivity contribution in [2.24, 2.45) is 0 Å². The average molecular weight is 446 g/mol. The van der Waals surface area contributed by atoms with Crippen molar-refractivity contribution < 1.29 is 24.2 Å². The Morgan fingerprint density at radius 3 is 1.91 bits per heavy atom. The number of alkyl halides is 2. The Kier molecular flexibility index (Phi) is 15.6. The van der Waals surface area contributed by atoms with E-state index >= 15 is 0 Å². The van der Waals surface area contributed by atoms with Crippen LogP contribution in [0.4, 0.5) is 0 Å². The molecule has 0 aliphatic heterocycles. The van der Waals surface area contributed by atoms with Crippen molar-refractivity contribution in [2.45, 2.75) is 57.5 Å². The maximum Gasteiger partial charge on any atom is 0.306 e. The smallest absolute Gasteiger partial charge is 0.306 e. The van der Waals surface area contributed by atoms with E-state index in [0.717, 1.165) is 49.2 Å². The van der Waals surface area contributed by atoms with Crippen LogP contribution in [0.1, 0.15) is 51.4 Å². The lowest BCUT2D eigenvalue weighted by atomic mass is 10.2. The van der Waals surface area contributed by atoms with Crippen LogP contribution in [0.15, 0.2) is 0 Å². The number of carbonyl (C=O) groups is 2. The van der Waals surface area contributed by atoms with Crippen molar-refractivity contribution in [3.63, 3.8) is 0 Å². The highest BCUT2D eigenvalue weighted by molar-refractivity contribution is 9.09. The number of ether oxygens (including phenoxy) is 2. The Bertz CT molecular complexity index is 300. The zero-order chi connectivity index (χ0) is 16.6. The van der Waals surface area contributed by atoms with Gasteiger partial charge in [0.25, 0.3) is 0 Å². The van der Waals surface area contributed by atoms with E-state index in [9.17, 15) is 9.59 Å². The molecule has 130 valence electrons. The van der Waals surface area contributed by atoms with Gasteiger partial charge in [0, 0.05) is 23.5 Å². The molecule has 0 aromatic rings. The summed E-state index contributed by atoms with van der Waals surface area (Å²) in [7, 11) is 0. The third-order valence-electron chi connectivity index (χ3n) is 2.96. The van der Waals surface area contributed by atoms with Crippen LogP contribution < -0.4 is 0 Å². The second kappa shape index (κ2) is 15.7. The van der Waals surface area contributed by atoms with Crippen LogP contribution in [0.3, 0.4) is 0 Å². The molecule has 0 saturated heterocycles. The number of hydrogen-bond acceptors (Lipinski definition) is 5. The molecule has 0 saturated carbocycles. The Hall–Kier alpha value is -0.140. The van der Waals surface area contributed by atoms with Gasteiger partial charge in [-0.05, 0) is 25.7 Å². The summed E-state index contributed by atoms with van der Waals surface area (Å²) >= 11 is 6.66. The topological polar surface area (TPSA) is 72.8 Å². The summed E-state index contributed by atoms with van der Waals surface area (Å²) in [6.45, 7) is -0.426. The summed E-state index contributed by atoms with van der Waals surface area (Å²) in [4.78, 5) is 23.1. The Balaban J connectivity index is 3.76. The van der Waals surface area contributed by atoms with Gasteiger partial charge in [0.2, 0.25) is 0 Å². The Morgan fingerprint density at radius 2 is 1.41 bits per heavy atom. The maximum absolute atomic E-state index is 11.6. The summed E-state index contributed by atoms with van der Waals surface area (Å²) in [5.41, 5.74) is 0. The number of aliphatic hydroxyl groups excluding tert-OH is 1. The predicted octanol–water partition coefficient (Wildman–Crippen LogP) is 3.34. The zero-order valence-electron chi connectivity index (χ0n) is 12.9. The molecule has 1 unspecified atom stereocenters. The maximum atomic E-state index is 11.6. The van der Waals surface area contributed by atoms with Crippen molar-refractivity contribution in [3.05, 3.63) is 0 Å². The Labute approximate surface area is 149 Å². The van der Waals surface area contributed by atoms with Crippen LogP contribution in [-0.2, 0) is 19.1 Å².